The molecule has 90 valence electrons. The number of aromatic amines is 1. The van der Waals surface area contributed by atoms with Crippen LogP contribution in [-0.2, 0) is 0 Å². The van der Waals surface area contributed by atoms with E-state index in [2.05, 4.69) is 15.3 Å². The van der Waals surface area contributed by atoms with Crippen LogP contribution in [0.4, 0.5) is 0 Å². The van der Waals surface area contributed by atoms with Gasteiger partial charge >= 0.3 is 0 Å². The molecule has 3 aromatic heterocycles. The van der Waals surface area contributed by atoms with Crippen LogP contribution < -0.4 is 0 Å². The summed E-state index contributed by atoms with van der Waals surface area (Å²) in [4.78, 5) is 2.11. The summed E-state index contributed by atoms with van der Waals surface area (Å²) in [5.74, 6) is 0.739. The van der Waals surface area contributed by atoms with E-state index in [-0.39, 0.29) is 0 Å². The zero-order valence-electron chi connectivity index (χ0n) is 9.11. The molecule has 4 nitrogen and oxygen atoms in total. The van der Waals surface area contributed by atoms with Gasteiger partial charge in [-0.3, -0.25) is 0 Å². The summed E-state index contributed by atoms with van der Waals surface area (Å²) in [6.45, 7) is 0. The van der Waals surface area contributed by atoms with E-state index < -0.39 is 0 Å². The molecule has 0 aliphatic rings. The van der Waals surface area contributed by atoms with Crippen molar-refractivity contribution < 1.29 is 0 Å². The molecule has 7 heteroatoms. The third-order valence-electron chi connectivity index (χ3n) is 2.24. The first kappa shape index (κ1) is 11.5. The maximum Gasteiger partial charge on any atom is 0.216 e. The summed E-state index contributed by atoms with van der Waals surface area (Å²) in [7, 11) is 0. The van der Waals surface area contributed by atoms with Crippen molar-refractivity contribution >= 4 is 41.1 Å². The summed E-state index contributed by atoms with van der Waals surface area (Å²) in [5, 5.41) is 15.4. The fraction of sp³-hybridized carbons (Fsp3) is 0. The Morgan fingerprint density at radius 3 is 2.83 bits per heavy atom. The minimum absolute atomic E-state index is 0.492. The number of nitrogens with zero attached hydrogens (tertiary/aromatic N) is 3. The maximum atomic E-state index is 5.18. The highest BCUT2D eigenvalue weighted by molar-refractivity contribution is 7.71. The molecule has 1 N–H and O–H groups in total. The van der Waals surface area contributed by atoms with Gasteiger partial charge in [0, 0.05) is 4.88 Å². The van der Waals surface area contributed by atoms with Gasteiger partial charge in [-0.15, -0.1) is 22.7 Å². The number of nitrogens with one attached hydrogen (secondary N) is 1. The van der Waals surface area contributed by atoms with Crippen LogP contribution in [0.2, 0.25) is 0 Å². The molecular weight excluding hydrogens is 284 g/mol. The smallest absolute Gasteiger partial charge is 0.216 e. The molecule has 0 saturated carbocycles. The van der Waals surface area contributed by atoms with Crippen molar-refractivity contribution in [3.63, 3.8) is 0 Å². The number of hydrogen-bond acceptors (Lipinski definition) is 5. The second-order valence-electron chi connectivity index (χ2n) is 3.40. The van der Waals surface area contributed by atoms with Gasteiger partial charge in [-0.2, -0.15) is 14.9 Å². The van der Waals surface area contributed by atoms with Crippen molar-refractivity contribution in [1.29, 1.82) is 0 Å². The monoisotopic (exact) mass is 292 g/mol. The normalized spacial score (nSPS) is 11.3. The van der Waals surface area contributed by atoms with Crippen LogP contribution in [0.3, 0.4) is 0 Å². The molecule has 0 aromatic carbocycles. The van der Waals surface area contributed by atoms with Gasteiger partial charge in [-0.1, -0.05) is 12.1 Å². The molecular formula is C11H8N4S3. The van der Waals surface area contributed by atoms with Gasteiger partial charge in [0.2, 0.25) is 4.77 Å². The summed E-state index contributed by atoms with van der Waals surface area (Å²) in [6.07, 6.45) is 1.78. The van der Waals surface area contributed by atoms with E-state index in [1.54, 1.807) is 33.6 Å². The Hall–Kier alpha value is -1.57. The molecule has 0 atom stereocenters. The minimum atomic E-state index is 0.492. The van der Waals surface area contributed by atoms with Crippen molar-refractivity contribution in [3.8, 4) is 10.7 Å². The molecule has 0 fully saturated rings. The predicted molar refractivity (Wildman–Crippen MR) is 78.0 cm³/mol. The van der Waals surface area contributed by atoms with Crippen molar-refractivity contribution in [2.45, 2.75) is 0 Å². The van der Waals surface area contributed by atoms with Crippen LogP contribution in [-0.4, -0.2) is 21.1 Å². The number of rotatable bonds is 3. The fourth-order valence-electron chi connectivity index (χ4n) is 1.44. The summed E-state index contributed by atoms with van der Waals surface area (Å²) < 4.78 is 2.13. The Morgan fingerprint density at radius 1 is 1.28 bits per heavy atom. The standard InChI is InChI=1S/C11H8N4S3/c16-11-14-13-10(9-4-2-6-18-9)15(11)12-7-8-3-1-5-17-8/h1-7H,(H,14,16)/b12-7-. The molecule has 0 aliphatic carbocycles. The van der Waals surface area contributed by atoms with E-state index in [1.165, 1.54) is 0 Å². The summed E-state index contributed by atoms with van der Waals surface area (Å²) in [6, 6.07) is 7.96. The molecule has 3 aromatic rings. The maximum absolute atomic E-state index is 5.18. The average molecular weight is 292 g/mol. The third-order valence-corrected chi connectivity index (χ3v) is 4.17. The van der Waals surface area contributed by atoms with Crippen LogP contribution in [0, 0.1) is 4.77 Å². The second kappa shape index (κ2) is 4.97. The van der Waals surface area contributed by atoms with E-state index in [9.17, 15) is 0 Å². The SMILES string of the molecule is S=c1[nH]nc(-c2cccs2)n1/N=C\c1cccs1. The molecule has 18 heavy (non-hydrogen) atoms. The van der Waals surface area contributed by atoms with Crippen molar-refractivity contribution in [1.82, 2.24) is 14.9 Å². The zero-order valence-corrected chi connectivity index (χ0v) is 11.6. The Labute approximate surface area is 116 Å². The highest BCUT2D eigenvalue weighted by Crippen LogP contribution is 2.22. The first-order valence-corrected chi connectivity index (χ1v) is 7.30. The van der Waals surface area contributed by atoms with Crippen molar-refractivity contribution in [2.75, 3.05) is 0 Å². The molecule has 0 amide bonds. The third kappa shape index (κ3) is 2.20. The summed E-state index contributed by atoms with van der Waals surface area (Å²) >= 11 is 8.42. The lowest BCUT2D eigenvalue weighted by Gasteiger charge is -1.96. The molecule has 0 spiro atoms. The van der Waals surface area contributed by atoms with E-state index >= 15 is 0 Å². The number of aromatic nitrogens is 3. The summed E-state index contributed by atoms with van der Waals surface area (Å²) in [5.41, 5.74) is 0. The molecule has 0 aliphatic heterocycles. The van der Waals surface area contributed by atoms with E-state index in [1.807, 2.05) is 35.0 Å². The van der Waals surface area contributed by atoms with Crippen molar-refractivity contribution in [2.24, 2.45) is 5.10 Å². The van der Waals surface area contributed by atoms with E-state index in [0.29, 0.717) is 4.77 Å². The number of thiophene rings is 2. The second-order valence-corrected chi connectivity index (χ2v) is 5.72. The highest BCUT2D eigenvalue weighted by atomic mass is 32.1. The van der Waals surface area contributed by atoms with Gasteiger partial charge in [0.25, 0.3) is 0 Å². The molecule has 3 heterocycles. The Morgan fingerprint density at radius 2 is 2.11 bits per heavy atom. The zero-order chi connectivity index (χ0) is 12.4. The van der Waals surface area contributed by atoms with Gasteiger partial charge in [-0.25, -0.2) is 5.10 Å². The van der Waals surface area contributed by atoms with Crippen LogP contribution >= 0.6 is 34.9 Å². The first-order valence-electron chi connectivity index (χ1n) is 5.14. The lowest BCUT2D eigenvalue weighted by Crippen LogP contribution is -1.92. The Bertz CT molecular complexity index is 704. The molecule has 0 saturated heterocycles. The van der Waals surface area contributed by atoms with Gasteiger partial charge in [0.15, 0.2) is 5.82 Å². The highest BCUT2D eigenvalue weighted by Gasteiger charge is 2.08. The van der Waals surface area contributed by atoms with Gasteiger partial charge in [0.05, 0.1) is 11.1 Å². The van der Waals surface area contributed by atoms with E-state index in [4.69, 9.17) is 12.2 Å². The van der Waals surface area contributed by atoms with Crippen LogP contribution in [0.1, 0.15) is 4.88 Å². The van der Waals surface area contributed by atoms with Gasteiger partial charge in [-0.05, 0) is 35.1 Å². The number of hydrogen-bond donors (Lipinski definition) is 1. The molecule has 3 rings (SSSR count). The van der Waals surface area contributed by atoms with Crippen LogP contribution in [0.15, 0.2) is 40.1 Å². The molecule has 0 bridgehead atoms. The minimum Gasteiger partial charge on any atom is -0.250 e. The van der Waals surface area contributed by atoms with Crippen LogP contribution in [0.25, 0.3) is 10.7 Å². The average Bonchev–Trinajstić information content (AvgIpc) is 3.08. The number of H-pyrrole nitrogens is 1. The predicted octanol–water partition coefficient (Wildman–Crippen LogP) is 3.61. The van der Waals surface area contributed by atoms with Crippen molar-refractivity contribution in [3.05, 3.63) is 44.7 Å². The Kier molecular flexibility index (Phi) is 3.18. The van der Waals surface area contributed by atoms with E-state index in [0.717, 1.165) is 15.6 Å². The largest absolute Gasteiger partial charge is 0.250 e. The first-order chi connectivity index (χ1) is 8.84. The fourth-order valence-corrected chi connectivity index (χ4v) is 2.90. The topological polar surface area (TPSA) is 46.0 Å². The quantitative estimate of drug-likeness (QED) is 0.592. The lowest BCUT2D eigenvalue weighted by molar-refractivity contribution is 0.874. The van der Waals surface area contributed by atoms with Gasteiger partial charge < -0.3 is 0 Å². The molecule has 0 radical (unpaired) electrons. The Balaban J connectivity index is 2.02. The van der Waals surface area contributed by atoms with Crippen LogP contribution in [0.5, 0.6) is 0 Å². The lowest BCUT2D eigenvalue weighted by atomic mass is 10.4. The molecule has 0 unspecified atom stereocenters. The van der Waals surface area contributed by atoms with Gasteiger partial charge in [0.1, 0.15) is 0 Å².